The van der Waals surface area contributed by atoms with Crippen molar-refractivity contribution >= 4 is 16.9 Å². The molecule has 0 saturated heterocycles. The highest BCUT2D eigenvalue weighted by Crippen LogP contribution is 2.26. The van der Waals surface area contributed by atoms with Crippen molar-refractivity contribution in [1.29, 1.82) is 0 Å². The van der Waals surface area contributed by atoms with Crippen LogP contribution in [0.4, 0.5) is 0 Å². The van der Waals surface area contributed by atoms with Gasteiger partial charge in [0.1, 0.15) is 0 Å². The molecule has 0 unspecified atom stereocenters. The third-order valence-corrected chi connectivity index (χ3v) is 3.06. The zero-order chi connectivity index (χ0) is 10.5. The highest BCUT2D eigenvalue weighted by molar-refractivity contribution is 7.11. The van der Waals surface area contributed by atoms with Gasteiger partial charge < -0.3 is 0 Å². The van der Waals surface area contributed by atoms with Crippen LogP contribution in [0.3, 0.4) is 0 Å². The highest BCUT2D eigenvalue weighted by Gasteiger charge is 2.03. The van der Waals surface area contributed by atoms with E-state index in [-0.39, 0.29) is 0 Å². The van der Waals surface area contributed by atoms with Gasteiger partial charge in [-0.2, -0.15) is 0 Å². The monoisotopic (exact) mass is 212 g/mol. The van der Waals surface area contributed by atoms with E-state index < -0.39 is 0 Å². The van der Waals surface area contributed by atoms with E-state index in [1.165, 1.54) is 16.0 Å². The van der Waals surface area contributed by atoms with Gasteiger partial charge in [-0.25, -0.2) is 0 Å². The Morgan fingerprint density at radius 1 is 1.07 bits per heavy atom. The molecule has 1 aromatic heterocycles. The van der Waals surface area contributed by atoms with E-state index in [2.05, 4.69) is 54.4 Å². The van der Waals surface area contributed by atoms with Gasteiger partial charge in [0.25, 0.3) is 0 Å². The smallest absolute Gasteiger partial charge is 0.0348 e. The van der Waals surface area contributed by atoms with Gasteiger partial charge in [0.2, 0.25) is 0 Å². The summed E-state index contributed by atoms with van der Waals surface area (Å²) in [5.74, 6) is 0. The molecule has 15 heavy (non-hydrogen) atoms. The highest BCUT2D eigenvalue weighted by atomic mass is 32.1. The normalized spacial score (nSPS) is 11.3. The first kappa shape index (κ1) is 9.94. The lowest BCUT2D eigenvalue weighted by molar-refractivity contribution is 1.61. The number of benzene rings is 1. The van der Waals surface area contributed by atoms with E-state index in [1.807, 2.05) is 12.1 Å². The van der Waals surface area contributed by atoms with E-state index in [0.717, 1.165) is 0 Å². The van der Waals surface area contributed by atoms with Crippen molar-refractivity contribution in [2.45, 2.75) is 0 Å². The Hall–Kier alpha value is -1.60. The van der Waals surface area contributed by atoms with E-state index in [1.54, 1.807) is 11.3 Å². The maximum absolute atomic E-state index is 3.76. The first-order valence-electron chi connectivity index (χ1n) is 4.84. The molecule has 1 heterocycles. The van der Waals surface area contributed by atoms with Crippen molar-refractivity contribution in [2.75, 3.05) is 0 Å². The second-order valence-corrected chi connectivity index (χ2v) is 4.11. The zero-order valence-electron chi connectivity index (χ0n) is 8.39. The number of thiophene rings is 1. The Balaban J connectivity index is 2.47. The van der Waals surface area contributed by atoms with E-state index in [9.17, 15) is 0 Å². The summed E-state index contributed by atoms with van der Waals surface area (Å²) in [6.07, 6.45) is 3.89. The van der Waals surface area contributed by atoms with Crippen molar-refractivity contribution in [1.82, 2.24) is 0 Å². The van der Waals surface area contributed by atoms with Crippen LogP contribution in [-0.2, 0) is 0 Å². The molecule has 0 saturated carbocycles. The molecule has 0 fully saturated rings. The third-order valence-electron chi connectivity index (χ3n) is 2.16. The zero-order valence-corrected chi connectivity index (χ0v) is 9.21. The van der Waals surface area contributed by atoms with Gasteiger partial charge in [-0.15, -0.1) is 11.3 Å². The van der Waals surface area contributed by atoms with Gasteiger partial charge in [-0.3, -0.25) is 0 Å². The van der Waals surface area contributed by atoms with E-state index >= 15 is 0 Å². The molecule has 0 nitrogen and oxygen atoms in total. The minimum Gasteiger partial charge on any atom is -0.144 e. The summed E-state index contributed by atoms with van der Waals surface area (Å²) in [6.45, 7) is 3.76. The van der Waals surface area contributed by atoms with Gasteiger partial charge in [0.15, 0.2) is 0 Å². The van der Waals surface area contributed by atoms with Gasteiger partial charge in [0.05, 0.1) is 0 Å². The molecule has 0 atom stereocenters. The van der Waals surface area contributed by atoms with Gasteiger partial charge in [-0.1, -0.05) is 55.1 Å². The SMILES string of the molecule is C=C/C=C(\c1ccccc1)c1cccs1. The largest absolute Gasteiger partial charge is 0.144 e. The van der Waals surface area contributed by atoms with Gasteiger partial charge in [0, 0.05) is 4.88 Å². The van der Waals surface area contributed by atoms with E-state index in [4.69, 9.17) is 0 Å². The van der Waals surface area contributed by atoms with Crippen LogP contribution in [-0.4, -0.2) is 0 Å². The molecule has 0 aliphatic heterocycles. The van der Waals surface area contributed by atoms with Crippen LogP contribution in [0.5, 0.6) is 0 Å². The summed E-state index contributed by atoms with van der Waals surface area (Å²) < 4.78 is 0. The lowest BCUT2D eigenvalue weighted by Gasteiger charge is -2.03. The molecular formula is C14H12S. The molecular weight excluding hydrogens is 200 g/mol. The molecule has 2 rings (SSSR count). The van der Waals surface area contributed by atoms with Crippen LogP contribution in [0, 0.1) is 0 Å². The molecule has 0 bridgehead atoms. The van der Waals surface area contributed by atoms with Crippen LogP contribution in [0.2, 0.25) is 0 Å². The number of allylic oxidation sites excluding steroid dienone is 2. The number of hydrogen-bond acceptors (Lipinski definition) is 1. The van der Waals surface area contributed by atoms with Crippen molar-refractivity contribution in [2.24, 2.45) is 0 Å². The summed E-state index contributed by atoms with van der Waals surface area (Å²) in [5, 5.41) is 2.09. The Kier molecular flexibility index (Phi) is 3.15. The molecule has 0 spiro atoms. The van der Waals surface area contributed by atoms with E-state index in [0.29, 0.717) is 0 Å². The minimum atomic E-state index is 1.24. The Bertz CT molecular complexity index is 449. The van der Waals surface area contributed by atoms with Crippen molar-refractivity contribution in [3.05, 3.63) is 77.0 Å². The fourth-order valence-electron chi connectivity index (χ4n) is 1.49. The summed E-state index contributed by atoms with van der Waals surface area (Å²) >= 11 is 1.75. The molecule has 0 radical (unpaired) electrons. The fraction of sp³-hybridized carbons (Fsp3) is 0. The molecule has 0 aliphatic carbocycles. The van der Waals surface area contributed by atoms with Gasteiger partial charge >= 0.3 is 0 Å². The predicted molar refractivity (Wildman–Crippen MR) is 68.0 cm³/mol. The lowest BCUT2D eigenvalue weighted by atomic mass is 10.0. The second-order valence-electron chi connectivity index (χ2n) is 3.16. The van der Waals surface area contributed by atoms with Crippen LogP contribution < -0.4 is 0 Å². The summed E-state index contributed by atoms with van der Waals surface area (Å²) in [4.78, 5) is 1.28. The summed E-state index contributed by atoms with van der Waals surface area (Å²) in [7, 11) is 0. The van der Waals surface area contributed by atoms with Gasteiger partial charge in [-0.05, 0) is 22.6 Å². The first-order chi connectivity index (χ1) is 7.42. The van der Waals surface area contributed by atoms with Crippen molar-refractivity contribution < 1.29 is 0 Å². The molecule has 0 amide bonds. The van der Waals surface area contributed by atoms with Crippen LogP contribution >= 0.6 is 11.3 Å². The third kappa shape index (κ3) is 2.25. The molecule has 0 N–H and O–H groups in total. The van der Waals surface area contributed by atoms with Crippen molar-refractivity contribution in [3.63, 3.8) is 0 Å². The van der Waals surface area contributed by atoms with Crippen LogP contribution in [0.25, 0.3) is 5.57 Å². The average molecular weight is 212 g/mol. The van der Waals surface area contributed by atoms with Crippen molar-refractivity contribution in [3.8, 4) is 0 Å². The van der Waals surface area contributed by atoms with Crippen LogP contribution in [0.1, 0.15) is 10.4 Å². The molecule has 1 aromatic carbocycles. The average Bonchev–Trinajstić information content (AvgIpc) is 2.80. The Labute approximate surface area is 94.2 Å². The maximum atomic E-state index is 3.76. The topological polar surface area (TPSA) is 0 Å². The lowest BCUT2D eigenvalue weighted by Crippen LogP contribution is -1.82. The summed E-state index contributed by atoms with van der Waals surface area (Å²) in [5.41, 5.74) is 2.47. The quantitative estimate of drug-likeness (QED) is 0.663. The molecule has 0 aliphatic rings. The number of hydrogen-bond donors (Lipinski definition) is 0. The van der Waals surface area contributed by atoms with Crippen LogP contribution in [0.15, 0.2) is 66.6 Å². The maximum Gasteiger partial charge on any atom is 0.0348 e. The molecule has 2 aromatic rings. The second kappa shape index (κ2) is 4.76. The standard InChI is InChI=1S/C14H12S/c1-2-7-13(14-10-6-11-15-14)12-8-4-3-5-9-12/h2-11H,1H2/b13-7+. The summed E-state index contributed by atoms with van der Waals surface area (Å²) in [6, 6.07) is 14.6. The Morgan fingerprint density at radius 3 is 2.47 bits per heavy atom. The Morgan fingerprint density at radius 2 is 1.87 bits per heavy atom. The first-order valence-corrected chi connectivity index (χ1v) is 5.72. The fourth-order valence-corrected chi connectivity index (χ4v) is 2.26. The minimum absolute atomic E-state index is 1.24. The number of rotatable bonds is 3. The predicted octanol–water partition coefficient (Wildman–Crippen LogP) is 4.37. The molecule has 1 heteroatoms. The molecule has 74 valence electrons.